The van der Waals surface area contributed by atoms with Gasteiger partial charge in [0.25, 0.3) is 0 Å². The minimum atomic E-state index is -1.03. The second kappa shape index (κ2) is 5.50. The molecule has 1 aromatic rings. The Morgan fingerprint density at radius 1 is 1.50 bits per heavy atom. The molecule has 16 heavy (non-hydrogen) atoms. The van der Waals surface area contributed by atoms with Crippen molar-refractivity contribution in [3.63, 3.8) is 0 Å². The lowest BCUT2D eigenvalue weighted by atomic mass is 10.3. The Balaban J connectivity index is 2.92. The zero-order valence-electron chi connectivity index (χ0n) is 8.59. The molecule has 1 aromatic heterocycles. The molecular weight excluding hydrogens is 206 g/mol. The van der Waals surface area contributed by atoms with Gasteiger partial charge < -0.3 is 9.84 Å². The third kappa shape index (κ3) is 3.09. The highest BCUT2D eigenvalue weighted by atomic mass is 16.5. The second-order valence-corrected chi connectivity index (χ2v) is 2.80. The van der Waals surface area contributed by atoms with Crippen molar-refractivity contribution in [1.29, 1.82) is 0 Å². The Labute approximate surface area is 93.2 Å². The van der Waals surface area contributed by atoms with Gasteiger partial charge in [0, 0.05) is 12.3 Å². The average Bonchev–Trinajstić information content (AvgIpc) is 2.29. The van der Waals surface area contributed by atoms with E-state index in [1.165, 1.54) is 30.5 Å². The maximum Gasteiger partial charge on any atom is 0.335 e. The smallest absolute Gasteiger partial charge is 0.335 e. The van der Waals surface area contributed by atoms with Crippen molar-refractivity contribution in [2.75, 3.05) is 0 Å². The molecule has 0 amide bonds. The maximum absolute atomic E-state index is 10.7. The van der Waals surface area contributed by atoms with E-state index in [2.05, 4.69) is 18.1 Å². The Hall–Kier alpha value is -2.36. The summed E-state index contributed by atoms with van der Waals surface area (Å²) in [5.74, 6) is -0.377. The molecule has 0 radical (unpaired) electrons. The average molecular weight is 217 g/mol. The van der Waals surface area contributed by atoms with Gasteiger partial charge in [-0.1, -0.05) is 19.2 Å². The predicted octanol–water partition coefficient (Wildman–Crippen LogP) is 2.41. The van der Waals surface area contributed by atoms with E-state index in [4.69, 9.17) is 9.84 Å². The number of aromatic nitrogens is 1. The number of ether oxygens (including phenoxy) is 1. The normalized spacial score (nSPS) is 10.6. The van der Waals surface area contributed by atoms with Crippen LogP contribution < -0.4 is 4.74 Å². The summed E-state index contributed by atoms with van der Waals surface area (Å²) in [6.45, 7) is 7.07. The molecule has 1 heterocycles. The monoisotopic (exact) mass is 217 g/mol. The third-order valence-corrected chi connectivity index (χ3v) is 1.69. The summed E-state index contributed by atoms with van der Waals surface area (Å²) in [7, 11) is 0. The molecule has 0 aliphatic heterocycles. The van der Waals surface area contributed by atoms with Crippen LogP contribution >= 0.6 is 0 Å². The van der Waals surface area contributed by atoms with Gasteiger partial charge in [0.15, 0.2) is 0 Å². The van der Waals surface area contributed by atoms with Crippen molar-refractivity contribution in [3.8, 4) is 5.88 Å². The highest BCUT2D eigenvalue weighted by Crippen LogP contribution is 2.13. The first-order valence-corrected chi connectivity index (χ1v) is 4.49. The topological polar surface area (TPSA) is 59.4 Å². The molecule has 82 valence electrons. The van der Waals surface area contributed by atoms with Gasteiger partial charge in [0.2, 0.25) is 5.88 Å². The van der Waals surface area contributed by atoms with Crippen LogP contribution in [0.5, 0.6) is 5.88 Å². The summed E-state index contributed by atoms with van der Waals surface area (Å²) in [5.41, 5.74) is 0.118. The van der Waals surface area contributed by atoms with Gasteiger partial charge in [-0.05, 0) is 18.2 Å². The Bertz CT molecular complexity index is 449. The molecule has 0 atom stereocenters. The van der Waals surface area contributed by atoms with Crippen LogP contribution in [-0.2, 0) is 0 Å². The molecule has 0 aliphatic rings. The summed E-state index contributed by atoms with van der Waals surface area (Å²) < 4.78 is 5.29. The largest absolute Gasteiger partial charge is 0.478 e. The maximum atomic E-state index is 10.7. The molecule has 1 rings (SSSR count). The first-order valence-electron chi connectivity index (χ1n) is 4.49. The molecule has 0 aromatic carbocycles. The van der Waals surface area contributed by atoms with E-state index in [1.807, 2.05) is 0 Å². The van der Waals surface area contributed by atoms with Gasteiger partial charge in [-0.25, -0.2) is 9.78 Å². The van der Waals surface area contributed by atoms with Crippen molar-refractivity contribution in [2.24, 2.45) is 0 Å². The number of rotatable bonds is 5. The van der Waals surface area contributed by atoms with Crippen LogP contribution in [0.4, 0.5) is 0 Å². The number of aromatic carboxylic acids is 1. The zero-order valence-corrected chi connectivity index (χ0v) is 8.59. The molecule has 0 spiro atoms. The lowest BCUT2D eigenvalue weighted by molar-refractivity contribution is 0.0696. The number of hydrogen-bond acceptors (Lipinski definition) is 3. The van der Waals surface area contributed by atoms with E-state index in [0.717, 1.165) is 0 Å². The Kier molecular flexibility index (Phi) is 4.03. The van der Waals surface area contributed by atoms with Crippen molar-refractivity contribution in [2.45, 2.75) is 0 Å². The van der Waals surface area contributed by atoms with E-state index in [-0.39, 0.29) is 11.4 Å². The number of allylic oxidation sites excluding steroid dienone is 3. The van der Waals surface area contributed by atoms with Gasteiger partial charge >= 0.3 is 5.97 Å². The lowest BCUT2D eigenvalue weighted by Crippen LogP contribution is -1.99. The molecular formula is C12H11NO3. The Morgan fingerprint density at radius 2 is 2.25 bits per heavy atom. The van der Waals surface area contributed by atoms with E-state index in [9.17, 15) is 4.79 Å². The summed E-state index contributed by atoms with van der Waals surface area (Å²) in [6.07, 6.45) is 5.99. The summed E-state index contributed by atoms with van der Waals surface area (Å²) in [6, 6.07) is 2.72. The molecule has 0 unspecified atom stereocenters. The van der Waals surface area contributed by atoms with Gasteiger partial charge in [0.05, 0.1) is 5.56 Å². The van der Waals surface area contributed by atoms with E-state index in [0.29, 0.717) is 5.76 Å². The van der Waals surface area contributed by atoms with Crippen LogP contribution in [0.2, 0.25) is 0 Å². The zero-order chi connectivity index (χ0) is 12.0. The second-order valence-electron chi connectivity index (χ2n) is 2.80. The number of carboxylic acid groups (broad SMARTS) is 1. The van der Waals surface area contributed by atoms with Gasteiger partial charge in [-0.15, -0.1) is 0 Å². The van der Waals surface area contributed by atoms with Crippen LogP contribution in [0.15, 0.2) is 55.5 Å². The van der Waals surface area contributed by atoms with E-state index < -0.39 is 5.97 Å². The first-order chi connectivity index (χ1) is 7.67. The van der Waals surface area contributed by atoms with Crippen LogP contribution in [0.3, 0.4) is 0 Å². The van der Waals surface area contributed by atoms with Crippen LogP contribution in [0.1, 0.15) is 10.4 Å². The molecule has 0 saturated heterocycles. The number of carbonyl (C=O) groups is 1. The minimum absolute atomic E-state index is 0.118. The summed E-state index contributed by atoms with van der Waals surface area (Å²) >= 11 is 0. The predicted molar refractivity (Wildman–Crippen MR) is 60.3 cm³/mol. The van der Waals surface area contributed by atoms with Gasteiger partial charge in [-0.2, -0.15) is 0 Å². The summed E-state index contributed by atoms with van der Waals surface area (Å²) in [4.78, 5) is 14.6. The fourth-order valence-electron chi connectivity index (χ4n) is 0.979. The number of nitrogens with zero attached hydrogens (tertiary/aromatic N) is 1. The van der Waals surface area contributed by atoms with Crippen molar-refractivity contribution in [3.05, 3.63) is 61.0 Å². The molecule has 1 N–H and O–H groups in total. The highest BCUT2D eigenvalue weighted by Gasteiger charge is 2.05. The number of hydrogen-bond donors (Lipinski definition) is 1. The van der Waals surface area contributed by atoms with Crippen molar-refractivity contribution < 1.29 is 14.6 Å². The standard InChI is InChI=1S/C12H11NO3/c1-3-5-10(4-2)16-11-8-9(12(14)15)6-7-13-11/h3-8H,1-2H2,(H,14,15)/b10-5+. The molecule has 0 bridgehead atoms. The fraction of sp³-hybridized carbons (Fsp3) is 0. The molecule has 4 heteroatoms. The molecule has 0 saturated carbocycles. The van der Waals surface area contributed by atoms with Gasteiger partial charge in [-0.3, -0.25) is 0 Å². The van der Waals surface area contributed by atoms with Gasteiger partial charge in [0.1, 0.15) is 5.76 Å². The van der Waals surface area contributed by atoms with Crippen LogP contribution in [0.25, 0.3) is 0 Å². The first kappa shape index (κ1) is 11.7. The third-order valence-electron chi connectivity index (χ3n) is 1.69. The van der Waals surface area contributed by atoms with Crippen LogP contribution in [-0.4, -0.2) is 16.1 Å². The minimum Gasteiger partial charge on any atom is -0.478 e. The molecule has 4 nitrogen and oxygen atoms in total. The van der Waals surface area contributed by atoms with Crippen molar-refractivity contribution in [1.82, 2.24) is 4.98 Å². The lowest BCUT2D eigenvalue weighted by Gasteiger charge is -2.04. The van der Waals surface area contributed by atoms with E-state index in [1.54, 1.807) is 6.08 Å². The quantitative estimate of drug-likeness (QED) is 0.607. The van der Waals surface area contributed by atoms with E-state index >= 15 is 0 Å². The van der Waals surface area contributed by atoms with Crippen LogP contribution in [0, 0.1) is 0 Å². The Morgan fingerprint density at radius 3 is 2.81 bits per heavy atom. The fourth-order valence-corrected chi connectivity index (χ4v) is 0.979. The number of pyridine rings is 1. The summed E-state index contributed by atoms with van der Waals surface area (Å²) in [5, 5.41) is 8.77. The molecule has 0 fully saturated rings. The van der Waals surface area contributed by atoms with Crippen molar-refractivity contribution >= 4 is 5.97 Å². The highest BCUT2D eigenvalue weighted by molar-refractivity contribution is 5.87. The number of carboxylic acids is 1. The molecule has 0 aliphatic carbocycles. The SMILES string of the molecule is C=C/C=C(\C=C)Oc1cc(C(=O)O)ccn1.